The molecule has 27 heavy (non-hydrogen) atoms. The van der Waals surface area contributed by atoms with E-state index >= 15 is 0 Å². The van der Waals surface area contributed by atoms with Gasteiger partial charge in [0.1, 0.15) is 11.4 Å². The molecule has 1 N–H and O–H groups in total. The SMILES string of the molecule is COc1ccccc1C1(NCc2c(C)nc3c(C)cccn23)CCCC1.Cl. The van der Waals surface area contributed by atoms with Gasteiger partial charge in [-0.1, -0.05) is 37.1 Å². The minimum atomic E-state index is -0.0208. The lowest BCUT2D eigenvalue weighted by atomic mass is 9.87. The number of hydrogen-bond donors (Lipinski definition) is 1. The zero-order valence-corrected chi connectivity index (χ0v) is 17.1. The molecule has 1 aliphatic carbocycles. The molecule has 5 heteroatoms. The largest absolute Gasteiger partial charge is 0.496 e. The smallest absolute Gasteiger partial charge is 0.140 e. The van der Waals surface area contributed by atoms with Crippen molar-refractivity contribution >= 4 is 18.1 Å². The first-order valence-electron chi connectivity index (χ1n) is 9.46. The lowest BCUT2D eigenvalue weighted by Gasteiger charge is -2.32. The number of benzene rings is 1. The molecule has 0 aliphatic heterocycles. The van der Waals surface area contributed by atoms with Crippen molar-refractivity contribution in [2.75, 3.05) is 7.11 Å². The van der Waals surface area contributed by atoms with Crippen LogP contribution in [0.4, 0.5) is 0 Å². The number of hydrogen-bond acceptors (Lipinski definition) is 3. The first-order valence-corrected chi connectivity index (χ1v) is 9.46. The van der Waals surface area contributed by atoms with Crippen molar-refractivity contribution in [3.63, 3.8) is 0 Å². The molecule has 1 aliphatic rings. The van der Waals surface area contributed by atoms with Gasteiger partial charge in [0.05, 0.1) is 18.5 Å². The highest BCUT2D eigenvalue weighted by Gasteiger charge is 2.37. The van der Waals surface area contributed by atoms with Crippen LogP contribution in [0.15, 0.2) is 42.6 Å². The summed E-state index contributed by atoms with van der Waals surface area (Å²) in [5.74, 6) is 0.979. The van der Waals surface area contributed by atoms with Crippen molar-refractivity contribution < 1.29 is 4.74 Å². The van der Waals surface area contributed by atoms with Gasteiger partial charge in [-0.05, 0) is 44.4 Å². The van der Waals surface area contributed by atoms with Gasteiger partial charge in [0.15, 0.2) is 0 Å². The van der Waals surface area contributed by atoms with Gasteiger partial charge in [-0.3, -0.25) is 0 Å². The fourth-order valence-electron chi connectivity index (χ4n) is 4.39. The third-order valence-electron chi connectivity index (χ3n) is 5.82. The van der Waals surface area contributed by atoms with Crippen LogP contribution in [0.2, 0.25) is 0 Å². The number of methoxy groups -OCH3 is 1. The maximum absolute atomic E-state index is 5.67. The van der Waals surface area contributed by atoms with Crippen LogP contribution in [0.5, 0.6) is 5.75 Å². The minimum absolute atomic E-state index is 0. The van der Waals surface area contributed by atoms with Crippen molar-refractivity contribution in [3.05, 3.63) is 65.1 Å². The van der Waals surface area contributed by atoms with Gasteiger partial charge < -0.3 is 14.5 Å². The van der Waals surface area contributed by atoms with E-state index in [9.17, 15) is 0 Å². The monoisotopic (exact) mass is 385 g/mol. The van der Waals surface area contributed by atoms with Crippen LogP contribution in [0.3, 0.4) is 0 Å². The second kappa shape index (κ2) is 7.91. The maximum Gasteiger partial charge on any atom is 0.140 e. The van der Waals surface area contributed by atoms with Crippen LogP contribution in [-0.4, -0.2) is 16.5 Å². The Hall–Kier alpha value is -2.04. The van der Waals surface area contributed by atoms with Gasteiger partial charge in [-0.15, -0.1) is 12.4 Å². The van der Waals surface area contributed by atoms with Gasteiger partial charge in [0, 0.05) is 23.8 Å². The number of pyridine rings is 1. The first-order chi connectivity index (χ1) is 12.6. The summed E-state index contributed by atoms with van der Waals surface area (Å²) in [6.45, 7) is 5.02. The third kappa shape index (κ3) is 3.44. The van der Waals surface area contributed by atoms with E-state index in [0.717, 1.165) is 36.5 Å². The van der Waals surface area contributed by atoms with Crippen LogP contribution in [0, 0.1) is 13.8 Å². The van der Waals surface area contributed by atoms with E-state index in [-0.39, 0.29) is 17.9 Å². The Kier molecular flexibility index (Phi) is 5.78. The molecule has 1 saturated carbocycles. The number of para-hydroxylation sites is 1. The van der Waals surface area contributed by atoms with Crippen LogP contribution in [0.25, 0.3) is 5.65 Å². The molecule has 144 valence electrons. The Bertz CT molecular complexity index is 928. The van der Waals surface area contributed by atoms with E-state index in [0.29, 0.717) is 0 Å². The first kappa shape index (κ1) is 19.7. The molecule has 0 saturated heterocycles. The second-order valence-electron chi connectivity index (χ2n) is 7.37. The Morgan fingerprint density at radius 3 is 2.59 bits per heavy atom. The van der Waals surface area contributed by atoms with Crippen LogP contribution in [-0.2, 0) is 12.1 Å². The number of aromatic nitrogens is 2. The molecule has 0 bridgehead atoms. The van der Waals surface area contributed by atoms with E-state index in [1.54, 1.807) is 7.11 Å². The quantitative estimate of drug-likeness (QED) is 0.676. The molecule has 0 amide bonds. The molecule has 0 atom stereocenters. The summed E-state index contributed by atoms with van der Waals surface area (Å²) in [5.41, 5.74) is 5.86. The molecule has 4 nitrogen and oxygen atoms in total. The second-order valence-corrected chi connectivity index (χ2v) is 7.37. The van der Waals surface area contributed by atoms with E-state index < -0.39 is 0 Å². The van der Waals surface area contributed by atoms with Gasteiger partial charge in [0.25, 0.3) is 0 Å². The molecule has 1 aromatic carbocycles. The van der Waals surface area contributed by atoms with Gasteiger partial charge in [0.2, 0.25) is 0 Å². The third-order valence-corrected chi connectivity index (χ3v) is 5.82. The zero-order valence-electron chi connectivity index (χ0n) is 16.3. The average molecular weight is 386 g/mol. The van der Waals surface area contributed by atoms with Crippen molar-refractivity contribution in [1.82, 2.24) is 14.7 Å². The number of imidazole rings is 1. The highest BCUT2D eigenvalue weighted by Crippen LogP contribution is 2.42. The number of aryl methyl sites for hydroxylation is 2. The van der Waals surface area contributed by atoms with Crippen LogP contribution < -0.4 is 10.1 Å². The lowest BCUT2D eigenvalue weighted by Crippen LogP contribution is -2.40. The van der Waals surface area contributed by atoms with Crippen LogP contribution >= 0.6 is 12.4 Å². The molecule has 0 radical (unpaired) electrons. The van der Waals surface area contributed by atoms with E-state index in [2.05, 4.69) is 60.1 Å². The normalized spacial score (nSPS) is 15.7. The molecule has 4 rings (SSSR count). The minimum Gasteiger partial charge on any atom is -0.496 e. The standard InChI is InChI=1S/C22H27N3O.ClH/c1-16-9-8-14-25-19(17(2)24-21(16)25)15-23-22(12-6-7-13-22)18-10-4-5-11-20(18)26-3;/h4-5,8-11,14,23H,6-7,12-13,15H2,1-3H3;1H. The molecule has 1 fully saturated rings. The predicted molar refractivity (Wildman–Crippen MR) is 112 cm³/mol. The lowest BCUT2D eigenvalue weighted by molar-refractivity contribution is 0.315. The fourth-order valence-corrected chi connectivity index (χ4v) is 4.39. The summed E-state index contributed by atoms with van der Waals surface area (Å²) in [6.07, 6.45) is 6.89. The van der Waals surface area contributed by atoms with E-state index in [1.807, 2.05) is 6.07 Å². The highest BCUT2D eigenvalue weighted by atomic mass is 35.5. The van der Waals surface area contributed by atoms with E-state index in [1.165, 1.54) is 29.7 Å². The topological polar surface area (TPSA) is 38.6 Å². The van der Waals surface area contributed by atoms with Crippen molar-refractivity contribution in [3.8, 4) is 5.75 Å². The molecular weight excluding hydrogens is 358 g/mol. The van der Waals surface area contributed by atoms with Gasteiger partial charge >= 0.3 is 0 Å². The molecule has 0 spiro atoms. The summed E-state index contributed by atoms with van der Waals surface area (Å²) in [4.78, 5) is 4.79. The summed E-state index contributed by atoms with van der Waals surface area (Å²) < 4.78 is 7.90. The Balaban J connectivity index is 0.00000210. The number of halogens is 1. The number of ether oxygens (including phenoxy) is 1. The van der Waals surface area contributed by atoms with E-state index in [4.69, 9.17) is 9.72 Å². The highest BCUT2D eigenvalue weighted by molar-refractivity contribution is 5.85. The molecule has 2 heterocycles. The average Bonchev–Trinajstić information content (AvgIpc) is 3.26. The maximum atomic E-state index is 5.67. The fraction of sp³-hybridized carbons (Fsp3) is 0.409. The van der Waals surface area contributed by atoms with Crippen molar-refractivity contribution in [2.24, 2.45) is 0 Å². The Morgan fingerprint density at radius 2 is 1.85 bits per heavy atom. The summed E-state index contributed by atoms with van der Waals surface area (Å²) >= 11 is 0. The van der Waals surface area contributed by atoms with Gasteiger partial charge in [-0.25, -0.2) is 4.98 Å². The summed E-state index contributed by atoms with van der Waals surface area (Å²) in [6, 6.07) is 12.7. The number of nitrogens with zero attached hydrogens (tertiary/aromatic N) is 2. The molecular formula is C22H28ClN3O. The van der Waals surface area contributed by atoms with Crippen molar-refractivity contribution in [1.29, 1.82) is 0 Å². The predicted octanol–water partition coefficient (Wildman–Crippen LogP) is 4.94. The summed E-state index contributed by atoms with van der Waals surface area (Å²) in [7, 11) is 1.76. The number of nitrogens with one attached hydrogen (secondary N) is 1. The molecule has 3 aromatic rings. The van der Waals surface area contributed by atoms with Gasteiger partial charge in [-0.2, -0.15) is 0 Å². The summed E-state index contributed by atoms with van der Waals surface area (Å²) in [5, 5.41) is 3.90. The molecule has 0 unspecified atom stereocenters. The Labute approximate surface area is 167 Å². The zero-order chi connectivity index (χ0) is 18.1. The number of fused-ring (bicyclic) bond motifs is 1. The Morgan fingerprint density at radius 1 is 1.11 bits per heavy atom. The molecule has 2 aromatic heterocycles. The van der Waals surface area contributed by atoms with Crippen LogP contribution in [0.1, 0.15) is 48.2 Å². The van der Waals surface area contributed by atoms with Crippen molar-refractivity contribution in [2.45, 2.75) is 51.6 Å². The number of rotatable bonds is 5.